The van der Waals surface area contributed by atoms with Crippen LogP contribution in [0.3, 0.4) is 0 Å². The summed E-state index contributed by atoms with van der Waals surface area (Å²) in [5.74, 6) is 0.144. The monoisotopic (exact) mass is 268 g/mol. The first-order valence-corrected chi connectivity index (χ1v) is 6.19. The summed E-state index contributed by atoms with van der Waals surface area (Å²) in [4.78, 5) is 14.3. The molecular formula is C14H21ClN2O. The molecule has 1 aliphatic rings. The SMILES string of the molecule is Cc1ccc(C(=O)N2CC(C)NCC2C)cc1.Cl. The molecule has 2 unspecified atom stereocenters. The van der Waals surface area contributed by atoms with Crippen molar-refractivity contribution in [3.05, 3.63) is 35.4 Å². The van der Waals surface area contributed by atoms with Gasteiger partial charge >= 0.3 is 0 Å². The number of carbonyl (C=O) groups is 1. The van der Waals surface area contributed by atoms with Gasteiger partial charge in [0.05, 0.1) is 0 Å². The standard InChI is InChI=1S/C14H20N2O.ClH/c1-10-4-6-13(7-5-10)14(17)16-9-11(2)15-8-12(16)3;/h4-7,11-12,15H,8-9H2,1-3H3;1H. The van der Waals surface area contributed by atoms with Gasteiger partial charge in [-0.2, -0.15) is 0 Å². The molecular weight excluding hydrogens is 248 g/mol. The normalized spacial score (nSPS) is 23.4. The van der Waals surface area contributed by atoms with Crippen LogP contribution >= 0.6 is 12.4 Å². The predicted octanol–water partition coefficient (Wildman–Crippen LogP) is 2.24. The van der Waals surface area contributed by atoms with Crippen molar-refractivity contribution in [2.45, 2.75) is 32.9 Å². The topological polar surface area (TPSA) is 32.3 Å². The molecule has 2 atom stereocenters. The van der Waals surface area contributed by atoms with Gasteiger partial charge in [-0.3, -0.25) is 4.79 Å². The molecule has 0 saturated carbocycles. The lowest BCUT2D eigenvalue weighted by atomic mass is 10.1. The molecule has 1 saturated heterocycles. The Bertz CT molecular complexity index is 405. The van der Waals surface area contributed by atoms with Gasteiger partial charge in [-0.1, -0.05) is 17.7 Å². The van der Waals surface area contributed by atoms with Crippen molar-refractivity contribution >= 4 is 18.3 Å². The number of nitrogens with one attached hydrogen (secondary N) is 1. The summed E-state index contributed by atoms with van der Waals surface area (Å²) >= 11 is 0. The average molecular weight is 269 g/mol. The van der Waals surface area contributed by atoms with Gasteiger partial charge in [0.2, 0.25) is 0 Å². The maximum Gasteiger partial charge on any atom is 0.254 e. The Morgan fingerprint density at radius 2 is 1.89 bits per heavy atom. The lowest BCUT2D eigenvalue weighted by Crippen LogP contribution is -2.56. The zero-order valence-corrected chi connectivity index (χ0v) is 12.0. The Balaban J connectivity index is 0.00000162. The third-order valence-corrected chi connectivity index (χ3v) is 3.32. The highest BCUT2D eigenvalue weighted by molar-refractivity contribution is 5.94. The number of hydrogen-bond acceptors (Lipinski definition) is 2. The van der Waals surface area contributed by atoms with Gasteiger partial charge < -0.3 is 10.2 Å². The smallest absolute Gasteiger partial charge is 0.254 e. The Hall–Kier alpha value is -1.06. The van der Waals surface area contributed by atoms with Crippen molar-refractivity contribution in [2.24, 2.45) is 0 Å². The van der Waals surface area contributed by atoms with E-state index >= 15 is 0 Å². The molecule has 0 aliphatic carbocycles. The van der Waals surface area contributed by atoms with Crippen molar-refractivity contribution in [3.8, 4) is 0 Å². The lowest BCUT2D eigenvalue weighted by Gasteiger charge is -2.37. The molecule has 0 aromatic heterocycles. The number of carbonyl (C=O) groups excluding carboxylic acids is 1. The Labute approximate surface area is 115 Å². The number of benzene rings is 1. The predicted molar refractivity (Wildman–Crippen MR) is 76.4 cm³/mol. The Morgan fingerprint density at radius 1 is 1.28 bits per heavy atom. The van der Waals surface area contributed by atoms with Crippen LogP contribution in [0.25, 0.3) is 0 Å². The molecule has 1 aliphatic heterocycles. The second-order valence-corrected chi connectivity index (χ2v) is 4.98. The van der Waals surface area contributed by atoms with E-state index in [0.29, 0.717) is 6.04 Å². The zero-order chi connectivity index (χ0) is 12.4. The first-order chi connectivity index (χ1) is 8.08. The van der Waals surface area contributed by atoms with Gasteiger partial charge in [-0.25, -0.2) is 0 Å². The molecule has 0 bridgehead atoms. The van der Waals surface area contributed by atoms with E-state index in [1.165, 1.54) is 5.56 Å². The minimum Gasteiger partial charge on any atom is -0.333 e. The summed E-state index contributed by atoms with van der Waals surface area (Å²) in [7, 11) is 0. The average Bonchev–Trinajstić information content (AvgIpc) is 2.32. The summed E-state index contributed by atoms with van der Waals surface area (Å²) in [6.45, 7) is 7.89. The van der Waals surface area contributed by atoms with E-state index in [-0.39, 0.29) is 24.4 Å². The molecule has 1 N–H and O–H groups in total. The van der Waals surface area contributed by atoms with E-state index in [1.54, 1.807) is 0 Å². The highest BCUT2D eigenvalue weighted by Crippen LogP contribution is 2.13. The van der Waals surface area contributed by atoms with Crippen molar-refractivity contribution in [3.63, 3.8) is 0 Å². The highest BCUT2D eigenvalue weighted by Gasteiger charge is 2.26. The molecule has 18 heavy (non-hydrogen) atoms. The van der Waals surface area contributed by atoms with Gasteiger partial charge in [0.25, 0.3) is 5.91 Å². The summed E-state index contributed by atoms with van der Waals surface area (Å²) < 4.78 is 0. The van der Waals surface area contributed by atoms with Gasteiger partial charge in [0.1, 0.15) is 0 Å². The number of amides is 1. The van der Waals surface area contributed by atoms with Crippen LogP contribution in [0.4, 0.5) is 0 Å². The highest BCUT2D eigenvalue weighted by atomic mass is 35.5. The molecule has 4 heteroatoms. The van der Waals surface area contributed by atoms with Crippen LogP contribution in [0, 0.1) is 6.92 Å². The lowest BCUT2D eigenvalue weighted by molar-refractivity contribution is 0.0616. The number of aryl methyl sites for hydroxylation is 1. The molecule has 1 fully saturated rings. The molecule has 0 radical (unpaired) electrons. The number of halogens is 1. The molecule has 100 valence electrons. The maximum atomic E-state index is 12.4. The van der Waals surface area contributed by atoms with Gasteiger partial charge in [-0.05, 0) is 32.9 Å². The largest absolute Gasteiger partial charge is 0.333 e. The molecule has 2 rings (SSSR count). The van der Waals surface area contributed by atoms with Crippen molar-refractivity contribution < 1.29 is 4.79 Å². The van der Waals surface area contributed by atoms with Crippen LogP contribution in [0.2, 0.25) is 0 Å². The third kappa shape index (κ3) is 3.24. The van der Waals surface area contributed by atoms with Crippen molar-refractivity contribution in [1.29, 1.82) is 0 Å². The number of rotatable bonds is 1. The number of piperazine rings is 1. The van der Waals surface area contributed by atoms with E-state index in [1.807, 2.05) is 36.1 Å². The molecule has 1 aromatic rings. The van der Waals surface area contributed by atoms with Crippen LogP contribution in [0.15, 0.2) is 24.3 Å². The number of hydrogen-bond donors (Lipinski definition) is 1. The molecule has 0 spiro atoms. The van der Waals surface area contributed by atoms with E-state index in [9.17, 15) is 4.79 Å². The molecule has 1 amide bonds. The van der Waals surface area contributed by atoms with E-state index in [4.69, 9.17) is 0 Å². The number of nitrogens with zero attached hydrogens (tertiary/aromatic N) is 1. The van der Waals surface area contributed by atoms with Gasteiger partial charge in [0, 0.05) is 30.7 Å². The summed E-state index contributed by atoms with van der Waals surface area (Å²) in [5, 5.41) is 3.38. The Morgan fingerprint density at radius 3 is 2.50 bits per heavy atom. The van der Waals surface area contributed by atoms with E-state index in [0.717, 1.165) is 18.7 Å². The van der Waals surface area contributed by atoms with E-state index < -0.39 is 0 Å². The molecule has 3 nitrogen and oxygen atoms in total. The van der Waals surface area contributed by atoms with Gasteiger partial charge in [0.15, 0.2) is 0 Å². The second kappa shape index (κ2) is 6.21. The first kappa shape index (κ1) is 15.0. The minimum atomic E-state index is 0. The van der Waals surface area contributed by atoms with Crippen LogP contribution in [-0.2, 0) is 0 Å². The van der Waals surface area contributed by atoms with Crippen molar-refractivity contribution in [1.82, 2.24) is 10.2 Å². The van der Waals surface area contributed by atoms with Crippen molar-refractivity contribution in [2.75, 3.05) is 13.1 Å². The maximum absolute atomic E-state index is 12.4. The summed E-state index contributed by atoms with van der Waals surface area (Å²) in [6, 6.07) is 8.45. The second-order valence-electron chi connectivity index (χ2n) is 4.98. The minimum absolute atomic E-state index is 0. The fourth-order valence-electron chi connectivity index (χ4n) is 2.17. The summed E-state index contributed by atoms with van der Waals surface area (Å²) in [5.41, 5.74) is 1.97. The van der Waals surface area contributed by atoms with E-state index in [2.05, 4.69) is 19.2 Å². The first-order valence-electron chi connectivity index (χ1n) is 6.19. The van der Waals surface area contributed by atoms with Crippen LogP contribution in [0.5, 0.6) is 0 Å². The van der Waals surface area contributed by atoms with Gasteiger partial charge in [-0.15, -0.1) is 12.4 Å². The fourth-order valence-corrected chi connectivity index (χ4v) is 2.17. The van der Waals surface area contributed by atoms with Crippen LogP contribution in [0.1, 0.15) is 29.8 Å². The quantitative estimate of drug-likeness (QED) is 0.847. The molecule has 1 heterocycles. The fraction of sp³-hybridized carbons (Fsp3) is 0.500. The molecule has 1 aromatic carbocycles. The van der Waals surface area contributed by atoms with Crippen LogP contribution < -0.4 is 5.32 Å². The third-order valence-electron chi connectivity index (χ3n) is 3.32. The zero-order valence-electron chi connectivity index (χ0n) is 11.1. The Kier molecular flexibility index (Phi) is 5.17. The van der Waals surface area contributed by atoms with Crippen LogP contribution in [-0.4, -0.2) is 36.0 Å². The summed E-state index contributed by atoms with van der Waals surface area (Å²) in [6.07, 6.45) is 0.